The summed E-state index contributed by atoms with van der Waals surface area (Å²) in [6.07, 6.45) is 0.836. The van der Waals surface area contributed by atoms with Crippen LogP contribution in [0.25, 0.3) is 0 Å². The van der Waals surface area contributed by atoms with E-state index < -0.39 is 5.41 Å². The Kier molecular flexibility index (Phi) is 4.61. The first-order valence-electron chi connectivity index (χ1n) is 6.11. The Hall–Kier alpha value is -0.530. The predicted molar refractivity (Wildman–Crippen MR) is 68.3 cm³/mol. The van der Waals surface area contributed by atoms with Gasteiger partial charge in [-0.25, -0.2) is 0 Å². The second-order valence-corrected chi connectivity index (χ2v) is 7.04. The molecule has 0 heterocycles. The lowest BCUT2D eigenvalue weighted by atomic mass is 9.61. The topological polar surface area (TPSA) is 26.3 Å². The molecule has 0 aromatic carbocycles. The Morgan fingerprint density at radius 3 is 1.69 bits per heavy atom. The van der Waals surface area contributed by atoms with E-state index in [2.05, 4.69) is 41.5 Å². The van der Waals surface area contributed by atoms with Crippen molar-refractivity contribution in [1.29, 1.82) is 0 Å². The van der Waals surface area contributed by atoms with Gasteiger partial charge in [-0.15, -0.1) is 0 Å². The molecule has 0 aliphatic rings. The standard InChI is InChI=1S/C14H28O2/c1-9-16-11(15)14(8,13(5,6)7)10-12(2,3)4/h9-10H2,1-8H3. The van der Waals surface area contributed by atoms with E-state index in [9.17, 15) is 4.79 Å². The zero-order valence-electron chi connectivity index (χ0n) is 12.2. The first-order valence-corrected chi connectivity index (χ1v) is 6.11. The zero-order chi connectivity index (χ0) is 13.2. The maximum Gasteiger partial charge on any atom is 0.312 e. The van der Waals surface area contributed by atoms with Crippen LogP contribution in [0, 0.1) is 16.2 Å². The van der Waals surface area contributed by atoms with Crippen LogP contribution in [0.1, 0.15) is 61.8 Å². The fraction of sp³-hybridized carbons (Fsp3) is 0.929. The van der Waals surface area contributed by atoms with Crippen molar-refractivity contribution < 1.29 is 9.53 Å². The van der Waals surface area contributed by atoms with E-state index in [1.807, 2.05) is 13.8 Å². The molecule has 0 fully saturated rings. The van der Waals surface area contributed by atoms with Crippen LogP contribution in [0.3, 0.4) is 0 Å². The molecular weight excluding hydrogens is 200 g/mol. The van der Waals surface area contributed by atoms with Gasteiger partial charge >= 0.3 is 5.97 Å². The van der Waals surface area contributed by atoms with Crippen LogP contribution in [-0.2, 0) is 9.53 Å². The quantitative estimate of drug-likeness (QED) is 0.681. The third-order valence-corrected chi connectivity index (χ3v) is 3.27. The van der Waals surface area contributed by atoms with Crippen molar-refractivity contribution in [3.63, 3.8) is 0 Å². The highest BCUT2D eigenvalue weighted by Gasteiger charge is 2.47. The molecule has 0 aromatic heterocycles. The summed E-state index contributed by atoms with van der Waals surface area (Å²) >= 11 is 0. The summed E-state index contributed by atoms with van der Waals surface area (Å²) in [5.41, 5.74) is -0.400. The fourth-order valence-corrected chi connectivity index (χ4v) is 1.99. The van der Waals surface area contributed by atoms with Gasteiger partial charge in [-0.2, -0.15) is 0 Å². The lowest BCUT2D eigenvalue weighted by molar-refractivity contribution is -0.164. The smallest absolute Gasteiger partial charge is 0.312 e. The van der Waals surface area contributed by atoms with Gasteiger partial charge in [0.25, 0.3) is 0 Å². The monoisotopic (exact) mass is 228 g/mol. The molecule has 0 radical (unpaired) electrons. The molecule has 0 aromatic rings. The summed E-state index contributed by atoms with van der Waals surface area (Å²) in [4.78, 5) is 12.2. The predicted octanol–water partition coefficient (Wildman–Crippen LogP) is 4.04. The Labute approximate surface area is 101 Å². The number of hydrogen-bond acceptors (Lipinski definition) is 2. The van der Waals surface area contributed by atoms with Crippen LogP contribution in [0.2, 0.25) is 0 Å². The van der Waals surface area contributed by atoms with Crippen LogP contribution in [-0.4, -0.2) is 12.6 Å². The molecule has 96 valence electrons. The van der Waals surface area contributed by atoms with Crippen LogP contribution < -0.4 is 0 Å². The number of carbonyl (C=O) groups excluding carboxylic acids is 1. The lowest BCUT2D eigenvalue weighted by Crippen LogP contribution is -2.44. The van der Waals surface area contributed by atoms with E-state index >= 15 is 0 Å². The lowest BCUT2D eigenvalue weighted by Gasteiger charge is -2.43. The van der Waals surface area contributed by atoms with Gasteiger partial charge in [0.15, 0.2) is 0 Å². The summed E-state index contributed by atoms with van der Waals surface area (Å²) in [6, 6.07) is 0. The van der Waals surface area contributed by atoms with Crippen molar-refractivity contribution in [2.45, 2.75) is 61.8 Å². The van der Waals surface area contributed by atoms with Crippen molar-refractivity contribution in [2.24, 2.45) is 16.2 Å². The summed E-state index contributed by atoms with van der Waals surface area (Å²) in [6.45, 7) is 17.1. The van der Waals surface area contributed by atoms with Crippen LogP contribution in [0.4, 0.5) is 0 Å². The molecule has 0 N–H and O–H groups in total. The molecule has 0 aliphatic heterocycles. The molecule has 0 saturated heterocycles. The highest BCUT2D eigenvalue weighted by molar-refractivity contribution is 5.77. The highest BCUT2D eigenvalue weighted by atomic mass is 16.5. The molecule has 0 spiro atoms. The Morgan fingerprint density at radius 2 is 1.44 bits per heavy atom. The minimum atomic E-state index is -0.429. The van der Waals surface area contributed by atoms with Gasteiger partial charge in [0.2, 0.25) is 0 Å². The van der Waals surface area contributed by atoms with Gasteiger partial charge < -0.3 is 4.74 Å². The van der Waals surface area contributed by atoms with E-state index in [-0.39, 0.29) is 16.8 Å². The van der Waals surface area contributed by atoms with Gasteiger partial charge in [0.05, 0.1) is 12.0 Å². The second kappa shape index (κ2) is 4.77. The van der Waals surface area contributed by atoms with E-state index in [4.69, 9.17) is 4.74 Å². The SMILES string of the molecule is CCOC(=O)C(C)(CC(C)(C)C)C(C)(C)C. The molecule has 2 heteroatoms. The maximum absolute atomic E-state index is 12.2. The van der Waals surface area contributed by atoms with Crippen LogP contribution in [0.5, 0.6) is 0 Å². The van der Waals surface area contributed by atoms with E-state index in [1.165, 1.54) is 0 Å². The van der Waals surface area contributed by atoms with E-state index in [1.54, 1.807) is 0 Å². The largest absolute Gasteiger partial charge is 0.466 e. The molecule has 0 amide bonds. The molecular formula is C14H28O2. The molecule has 0 bridgehead atoms. The number of ether oxygens (including phenoxy) is 1. The molecule has 16 heavy (non-hydrogen) atoms. The van der Waals surface area contributed by atoms with Crippen molar-refractivity contribution >= 4 is 5.97 Å². The fourth-order valence-electron chi connectivity index (χ4n) is 1.99. The minimum Gasteiger partial charge on any atom is -0.466 e. The molecule has 0 aliphatic carbocycles. The van der Waals surface area contributed by atoms with Gasteiger partial charge in [-0.3, -0.25) is 4.79 Å². The third-order valence-electron chi connectivity index (χ3n) is 3.27. The van der Waals surface area contributed by atoms with E-state index in [0.29, 0.717) is 6.61 Å². The molecule has 1 unspecified atom stereocenters. The molecule has 1 atom stereocenters. The summed E-state index contributed by atoms with van der Waals surface area (Å²) in [7, 11) is 0. The van der Waals surface area contributed by atoms with Gasteiger partial charge in [0.1, 0.15) is 0 Å². The first-order chi connectivity index (χ1) is 6.94. The van der Waals surface area contributed by atoms with Gasteiger partial charge in [-0.05, 0) is 31.1 Å². The van der Waals surface area contributed by atoms with Gasteiger partial charge in [-0.1, -0.05) is 41.5 Å². The highest BCUT2D eigenvalue weighted by Crippen LogP contribution is 2.47. The Bertz CT molecular complexity index is 242. The Balaban J connectivity index is 5.13. The normalized spacial score (nSPS) is 16.8. The second-order valence-electron chi connectivity index (χ2n) is 7.04. The number of esters is 1. The van der Waals surface area contributed by atoms with Crippen molar-refractivity contribution in [3.8, 4) is 0 Å². The molecule has 2 nitrogen and oxygen atoms in total. The number of carbonyl (C=O) groups is 1. The van der Waals surface area contributed by atoms with Crippen LogP contribution >= 0.6 is 0 Å². The zero-order valence-corrected chi connectivity index (χ0v) is 12.2. The molecule has 0 saturated carbocycles. The van der Waals surface area contributed by atoms with Gasteiger partial charge in [0, 0.05) is 0 Å². The van der Waals surface area contributed by atoms with Crippen LogP contribution in [0.15, 0.2) is 0 Å². The molecule has 0 rings (SSSR count). The first kappa shape index (κ1) is 15.5. The van der Waals surface area contributed by atoms with Crippen molar-refractivity contribution in [2.75, 3.05) is 6.61 Å². The summed E-state index contributed by atoms with van der Waals surface area (Å²) < 4.78 is 5.24. The number of rotatable bonds is 3. The summed E-state index contributed by atoms with van der Waals surface area (Å²) in [5.74, 6) is -0.0718. The van der Waals surface area contributed by atoms with E-state index in [0.717, 1.165) is 6.42 Å². The van der Waals surface area contributed by atoms with Crippen molar-refractivity contribution in [1.82, 2.24) is 0 Å². The minimum absolute atomic E-state index is 0.0718. The number of hydrogen-bond donors (Lipinski definition) is 0. The average molecular weight is 228 g/mol. The Morgan fingerprint density at radius 1 is 1.00 bits per heavy atom. The summed E-state index contributed by atoms with van der Waals surface area (Å²) in [5, 5.41) is 0. The average Bonchev–Trinajstić information content (AvgIpc) is 1.99. The third kappa shape index (κ3) is 3.80. The maximum atomic E-state index is 12.2. The van der Waals surface area contributed by atoms with Crippen molar-refractivity contribution in [3.05, 3.63) is 0 Å².